The number of carbonyl (C=O) groups is 1. The number of aromatic nitrogens is 1. The van der Waals surface area contributed by atoms with Crippen molar-refractivity contribution in [1.29, 1.82) is 0 Å². The summed E-state index contributed by atoms with van der Waals surface area (Å²) >= 11 is 1.35. The maximum Gasteiger partial charge on any atom is 0.347 e. The van der Waals surface area contributed by atoms with Gasteiger partial charge in [-0.2, -0.15) is 0 Å². The van der Waals surface area contributed by atoms with E-state index in [4.69, 9.17) is 0 Å². The second kappa shape index (κ2) is 7.25. The smallest absolute Gasteiger partial charge is 0.347 e. The first kappa shape index (κ1) is 16.3. The number of hydrogen-bond acceptors (Lipinski definition) is 4. The molecule has 0 saturated carbocycles. The first-order valence-corrected chi connectivity index (χ1v) is 8.87. The summed E-state index contributed by atoms with van der Waals surface area (Å²) in [7, 11) is 0. The largest absolute Gasteiger partial charge is 0.477 e. The third kappa shape index (κ3) is 3.76. The first-order chi connectivity index (χ1) is 10.1. The number of hydrogen-bond donors (Lipinski definition) is 1. The molecule has 4 nitrogen and oxygen atoms in total. The van der Waals surface area contributed by atoms with Gasteiger partial charge in [0, 0.05) is 13.1 Å². The summed E-state index contributed by atoms with van der Waals surface area (Å²) in [5, 5.41) is 10.3. The predicted molar refractivity (Wildman–Crippen MR) is 87.6 cm³/mol. The fourth-order valence-electron chi connectivity index (χ4n) is 2.96. The highest BCUT2D eigenvalue weighted by Crippen LogP contribution is 2.34. The summed E-state index contributed by atoms with van der Waals surface area (Å²) in [5.74, 6) is 0.202. The van der Waals surface area contributed by atoms with Gasteiger partial charge in [-0.25, -0.2) is 9.78 Å². The highest BCUT2D eigenvalue weighted by molar-refractivity contribution is 7.17. The van der Waals surface area contributed by atoms with Crippen molar-refractivity contribution < 1.29 is 9.90 Å². The Labute approximate surface area is 131 Å². The molecular weight excluding hydrogens is 284 g/mol. The number of aromatic carboxylic acids is 1. The van der Waals surface area contributed by atoms with Gasteiger partial charge in [0.25, 0.3) is 0 Å². The molecule has 1 fully saturated rings. The zero-order valence-corrected chi connectivity index (χ0v) is 14.1. The number of nitrogens with zero attached hydrogens (tertiary/aromatic N) is 2. The van der Waals surface area contributed by atoms with E-state index in [1.807, 2.05) is 0 Å². The summed E-state index contributed by atoms with van der Waals surface area (Å²) in [6.45, 7) is 8.39. The van der Waals surface area contributed by atoms with Gasteiger partial charge in [0.1, 0.15) is 4.88 Å². The Kier molecular flexibility index (Phi) is 5.62. The molecule has 0 bridgehead atoms. The number of carboxylic acid groups (broad SMARTS) is 1. The lowest BCUT2D eigenvalue weighted by molar-refractivity contribution is 0.0700. The van der Waals surface area contributed by atoms with Crippen molar-refractivity contribution in [1.82, 2.24) is 4.98 Å². The molecule has 0 spiro atoms. The molecule has 1 aromatic heterocycles. The molecule has 21 heavy (non-hydrogen) atoms. The summed E-state index contributed by atoms with van der Waals surface area (Å²) < 4.78 is 0. The lowest BCUT2D eigenvalue weighted by Gasteiger charge is -2.31. The number of anilines is 1. The Morgan fingerprint density at radius 1 is 1.43 bits per heavy atom. The Bertz CT molecular complexity index is 479. The van der Waals surface area contributed by atoms with Crippen LogP contribution in [0.4, 0.5) is 5.13 Å². The van der Waals surface area contributed by atoms with Gasteiger partial charge in [-0.15, -0.1) is 0 Å². The third-order valence-electron chi connectivity index (χ3n) is 4.50. The summed E-state index contributed by atoms with van der Waals surface area (Å²) in [6.07, 6.45) is 5.89. The highest BCUT2D eigenvalue weighted by Gasteiger charge is 2.26. The topological polar surface area (TPSA) is 53.4 Å². The molecule has 1 unspecified atom stereocenters. The van der Waals surface area contributed by atoms with Gasteiger partial charge in [-0.1, -0.05) is 44.9 Å². The molecule has 0 amide bonds. The molecule has 1 saturated heterocycles. The van der Waals surface area contributed by atoms with Crippen molar-refractivity contribution in [3.63, 3.8) is 0 Å². The van der Waals surface area contributed by atoms with Gasteiger partial charge in [0.15, 0.2) is 5.13 Å². The number of thiazole rings is 1. The van der Waals surface area contributed by atoms with E-state index in [0.717, 1.165) is 36.3 Å². The third-order valence-corrected chi connectivity index (χ3v) is 5.62. The fourth-order valence-corrected chi connectivity index (χ4v) is 4.03. The van der Waals surface area contributed by atoms with E-state index < -0.39 is 5.97 Å². The highest BCUT2D eigenvalue weighted by atomic mass is 32.1. The molecule has 0 aromatic carbocycles. The van der Waals surface area contributed by atoms with Gasteiger partial charge < -0.3 is 10.0 Å². The van der Waals surface area contributed by atoms with Crippen LogP contribution in [0.25, 0.3) is 0 Å². The average molecular weight is 310 g/mol. The molecule has 0 radical (unpaired) electrons. The molecule has 1 atom stereocenters. The first-order valence-electron chi connectivity index (χ1n) is 8.05. The van der Waals surface area contributed by atoms with Crippen molar-refractivity contribution in [2.45, 2.75) is 58.8 Å². The van der Waals surface area contributed by atoms with E-state index in [-0.39, 0.29) is 5.92 Å². The van der Waals surface area contributed by atoms with E-state index in [1.54, 1.807) is 0 Å². The molecule has 0 aliphatic carbocycles. The summed E-state index contributed by atoms with van der Waals surface area (Å²) in [6, 6.07) is 0. The lowest BCUT2D eigenvalue weighted by atomic mass is 9.93. The minimum absolute atomic E-state index is 0.207. The lowest BCUT2D eigenvalue weighted by Crippen LogP contribution is -2.33. The minimum atomic E-state index is -0.838. The maximum atomic E-state index is 11.4. The molecule has 2 heterocycles. The van der Waals surface area contributed by atoms with Crippen molar-refractivity contribution in [3.8, 4) is 0 Å². The van der Waals surface area contributed by atoms with Crippen LogP contribution in [0, 0.1) is 5.92 Å². The second-order valence-corrected chi connectivity index (χ2v) is 7.02. The zero-order valence-electron chi connectivity index (χ0n) is 13.3. The quantitative estimate of drug-likeness (QED) is 0.847. The van der Waals surface area contributed by atoms with Crippen molar-refractivity contribution in [2.24, 2.45) is 5.92 Å². The Morgan fingerprint density at radius 3 is 2.62 bits per heavy atom. The van der Waals surface area contributed by atoms with Crippen LogP contribution >= 0.6 is 11.3 Å². The van der Waals surface area contributed by atoms with Gasteiger partial charge in [-0.3, -0.25) is 0 Å². The van der Waals surface area contributed by atoms with Crippen LogP contribution in [-0.4, -0.2) is 29.1 Å². The normalized spacial score (nSPS) is 18.0. The SMILES string of the molecule is CCCC1CCN(c2nc(C(C)CC)c(C(=O)O)s2)CC1. The summed E-state index contributed by atoms with van der Waals surface area (Å²) in [5.41, 5.74) is 0.765. The maximum absolute atomic E-state index is 11.4. The molecule has 1 aromatic rings. The Balaban J connectivity index is 2.12. The second-order valence-electron chi connectivity index (χ2n) is 6.04. The van der Waals surface area contributed by atoms with Crippen LogP contribution in [0.2, 0.25) is 0 Å². The Morgan fingerprint density at radius 2 is 2.10 bits per heavy atom. The molecule has 1 N–H and O–H groups in total. The number of rotatable bonds is 6. The van der Waals surface area contributed by atoms with E-state index in [2.05, 4.69) is 30.7 Å². The van der Waals surface area contributed by atoms with E-state index in [9.17, 15) is 9.90 Å². The van der Waals surface area contributed by atoms with Crippen molar-refractivity contribution in [2.75, 3.05) is 18.0 Å². The number of piperidine rings is 1. The standard InChI is InChI=1S/C16H26N2O2S/c1-4-6-12-7-9-18(10-8-12)16-17-13(11(3)5-2)14(21-16)15(19)20/h11-12H,4-10H2,1-3H3,(H,19,20). The van der Waals surface area contributed by atoms with E-state index in [0.29, 0.717) is 4.88 Å². The molecule has 1 aliphatic heterocycles. The fraction of sp³-hybridized carbons (Fsp3) is 0.750. The van der Waals surface area contributed by atoms with Crippen LogP contribution in [0.15, 0.2) is 0 Å². The molecule has 118 valence electrons. The zero-order chi connectivity index (χ0) is 15.4. The van der Waals surface area contributed by atoms with Crippen molar-refractivity contribution in [3.05, 3.63) is 10.6 Å². The van der Waals surface area contributed by atoms with E-state index in [1.165, 1.54) is 37.0 Å². The van der Waals surface area contributed by atoms with Crippen LogP contribution in [-0.2, 0) is 0 Å². The van der Waals surface area contributed by atoms with Crippen molar-refractivity contribution >= 4 is 22.4 Å². The molecule has 5 heteroatoms. The predicted octanol–water partition coefficient (Wildman–Crippen LogP) is 4.37. The monoisotopic (exact) mass is 310 g/mol. The van der Waals surface area contributed by atoms with Crippen LogP contribution in [0.1, 0.15) is 74.2 Å². The van der Waals surface area contributed by atoms with Gasteiger partial charge >= 0.3 is 5.97 Å². The van der Waals surface area contributed by atoms with Gasteiger partial charge in [0.2, 0.25) is 0 Å². The molecular formula is C16H26N2O2S. The van der Waals surface area contributed by atoms with Gasteiger partial charge in [0.05, 0.1) is 5.69 Å². The van der Waals surface area contributed by atoms with E-state index >= 15 is 0 Å². The summed E-state index contributed by atoms with van der Waals surface area (Å²) in [4.78, 5) is 18.8. The minimum Gasteiger partial charge on any atom is -0.477 e. The van der Waals surface area contributed by atoms with Crippen LogP contribution < -0.4 is 4.90 Å². The van der Waals surface area contributed by atoms with Crippen LogP contribution in [0.3, 0.4) is 0 Å². The van der Waals surface area contributed by atoms with Crippen LogP contribution in [0.5, 0.6) is 0 Å². The van der Waals surface area contributed by atoms with Gasteiger partial charge in [-0.05, 0) is 31.1 Å². The Hall–Kier alpha value is -1.10. The number of carboxylic acids is 1. The molecule has 1 aliphatic rings. The molecule has 2 rings (SSSR count). The average Bonchev–Trinajstić information content (AvgIpc) is 2.93.